The molecule has 8 heteroatoms. The molecule has 98 valence electrons. The van der Waals surface area contributed by atoms with E-state index in [4.69, 9.17) is 5.11 Å². The first-order valence-electron chi connectivity index (χ1n) is 5.68. The number of carbonyl (C=O) groups excluding carboxylic acids is 1. The molecule has 0 aliphatic carbocycles. The lowest BCUT2D eigenvalue weighted by Crippen LogP contribution is -2.49. The van der Waals surface area contributed by atoms with E-state index in [2.05, 4.69) is 15.5 Å². The molecule has 0 saturated carbocycles. The van der Waals surface area contributed by atoms with Crippen molar-refractivity contribution in [2.24, 2.45) is 0 Å². The van der Waals surface area contributed by atoms with E-state index in [0.29, 0.717) is 18.1 Å². The maximum Gasteiger partial charge on any atom is 0.326 e. The largest absolute Gasteiger partial charge is 0.480 e. The molecule has 1 aromatic heterocycles. The fraction of sp³-hybridized carbons (Fsp3) is 0.600. The Morgan fingerprint density at radius 3 is 2.83 bits per heavy atom. The normalized spacial score (nSPS) is 19.6. The lowest BCUT2D eigenvalue weighted by Gasteiger charge is -2.32. The van der Waals surface area contributed by atoms with Crippen LogP contribution in [0.3, 0.4) is 0 Å². The predicted octanol–water partition coefficient (Wildman–Crippen LogP) is 1.32. The summed E-state index contributed by atoms with van der Waals surface area (Å²) in [5, 5.41) is 20.4. The average molecular weight is 270 g/mol. The molecule has 1 aliphatic rings. The topological polar surface area (TPSA) is 95.4 Å². The minimum atomic E-state index is -0.960. The van der Waals surface area contributed by atoms with Gasteiger partial charge in [-0.1, -0.05) is 11.3 Å². The number of hydrogen-bond acceptors (Lipinski definition) is 5. The Morgan fingerprint density at radius 1 is 1.44 bits per heavy atom. The van der Waals surface area contributed by atoms with Crippen molar-refractivity contribution in [1.29, 1.82) is 0 Å². The molecule has 2 rings (SSSR count). The first kappa shape index (κ1) is 12.7. The van der Waals surface area contributed by atoms with Crippen molar-refractivity contribution in [3.05, 3.63) is 5.01 Å². The number of anilines is 1. The van der Waals surface area contributed by atoms with E-state index >= 15 is 0 Å². The SMILES string of the molecule is Cc1nnc(NC(=O)N2CCCCC2C(=O)O)s1. The van der Waals surface area contributed by atoms with Crippen LogP contribution in [0.4, 0.5) is 9.93 Å². The molecule has 1 unspecified atom stereocenters. The number of hydrogen-bond donors (Lipinski definition) is 2. The number of nitrogens with one attached hydrogen (secondary N) is 1. The van der Waals surface area contributed by atoms with Crippen molar-refractivity contribution in [2.75, 3.05) is 11.9 Å². The molecule has 0 bridgehead atoms. The van der Waals surface area contributed by atoms with Gasteiger partial charge < -0.3 is 10.0 Å². The van der Waals surface area contributed by atoms with Crippen LogP contribution in [0.2, 0.25) is 0 Å². The number of nitrogens with zero attached hydrogens (tertiary/aromatic N) is 3. The van der Waals surface area contributed by atoms with E-state index in [-0.39, 0.29) is 0 Å². The molecule has 1 aromatic rings. The van der Waals surface area contributed by atoms with Crippen molar-refractivity contribution in [1.82, 2.24) is 15.1 Å². The summed E-state index contributed by atoms with van der Waals surface area (Å²) >= 11 is 1.26. The summed E-state index contributed by atoms with van der Waals surface area (Å²) in [6, 6.07) is -1.16. The zero-order chi connectivity index (χ0) is 13.1. The molecule has 0 spiro atoms. The number of aliphatic carboxylic acids is 1. The van der Waals surface area contributed by atoms with Crippen LogP contribution in [0.15, 0.2) is 0 Å². The smallest absolute Gasteiger partial charge is 0.326 e. The monoisotopic (exact) mass is 270 g/mol. The molecule has 0 radical (unpaired) electrons. The van der Waals surface area contributed by atoms with Crippen LogP contribution in [-0.2, 0) is 4.79 Å². The molecule has 0 aromatic carbocycles. The van der Waals surface area contributed by atoms with Crippen molar-refractivity contribution in [3.63, 3.8) is 0 Å². The summed E-state index contributed by atoms with van der Waals surface area (Å²) in [4.78, 5) is 24.4. The van der Waals surface area contributed by atoms with E-state index in [9.17, 15) is 9.59 Å². The van der Waals surface area contributed by atoms with Gasteiger partial charge in [0.05, 0.1) is 0 Å². The van der Waals surface area contributed by atoms with Crippen LogP contribution in [-0.4, -0.2) is 44.8 Å². The Kier molecular flexibility index (Phi) is 3.75. The van der Waals surface area contributed by atoms with Crippen LogP contribution >= 0.6 is 11.3 Å². The summed E-state index contributed by atoms with van der Waals surface area (Å²) in [5.74, 6) is -0.960. The third kappa shape index (κ3) is 2.76. The second-order valence-electron chi connectivity index (χ2n) is 4.10. The number of piperidine rings is 1. The molecule has 18 heavy (non-hydrogen) atoms. The molecule has 2 amide bonds. The first-order chi connectivity index (χ1) is 8.58. The Balaban J connectivity index is 2.04. The van der Waals surface area contributed by atoms with Crippen molar-refractivity contribution in [3.8, 4) is 0 Å². The van der Waals surface area contributed by atoms with Gasteiger partial charge in [0, 0.05) is 6.54 Å². The number of aromatic nitrogens is 2. The second-order valence-corrected chi connectivity index (χ2v) is 5.28. The third-order valence-electron chi connectivity index (χ3n) is 2.79. The van der Waals surface area contributed by atoms with Gasteiger partial charge >= 0.3 is 12.0 Å². The Hall–Kier alpha value is -1.70. The highest BCUT2D eigenvalue weighted by atomic mass is 32.1. The minimum Gasteiger partial charge on any atom is -0.480 e. The number of urea groups is 1. The summed E-state index contributed by atoms with van der Waals surface area (Å²) < 4.78 is 0. The van der Waals surface area contributed by atoms with Gasteiger partial charge in [0.1, 0.15) is 11.0 Å². The highest BCUT2D eigenvalue weighted by molar-refractivity contribution is 7.15. The van der Waals surface area contributed by atoms with Crippen molar-refractivity contribution < 1.29 is 14.7 Å². The predicted molar refractivity (Wildman–Crippen MR) is 65.6 cm³/mol. The number of amides is 2. The number of carboxylic acid groups (broad SMARTS) is 1. The lowest BCUT2D eigenvalue weighted by atomic mass is 10.0. The fourth-order valence-corrected chi connectivity index (χ4v) is 2.52. The minimum absolute atomic E-state index is 0.396. The van der Waals surface area contributed by atoms with Gasteiger partial charge in [0.15, 0.2) is 0 Å². The van der Waals surface area contributed by atoms with Crippen LogP contribution in [0.25, 0.3) is 0 Å². The molecule has 1 atom stereocenters. The van der Waals surface area contributed by atoms with Crippen molar-refractivity contribution >= 4 is 28.5 Å². The van der Waals surface area contributed by atoms with E-state index in [1.54, 1.807) is 6.92 Å². The van der Waals surface area contributed by atoms with Crippen LogP contribution in [0.5, 0.6) is 0 Å². The van der Waals surface area contributed by atoms with E-state index < -0.39 is 18.0 Å². The number of rotatable bonds is 2. The molecular formula is C10H14N4O3S. The first-order valence-corrected chi connectivity index (χ1v) is 6.50. The fourth-order valence-electron chi connectivity index (χ4n) is 1.94. The van der Waals surface area contributed by atoms with Gasteiger partial charge in [-0.15, -0.1) is 10.2 Å². The highest BCUT2D eigenvalue weighted by Gasteiger charge is 2.32. The number of likely N-dealkylation sites (tertiary alicyclic amines) is 1. The Morgan fingerprint density at radius 2 is 2.22 bits per heavy atom. The van der Waals surface area contributed by atoms with Gasteiger partial charge in [0.2, 0.25) is 5.13 Å². The van der Waals surface area contributed by atoms with E-state index in [0.717, 1.165) is 17.8 Å². The zero-order valence-electron chi connectivity index (χ0n) is 9.92. The molecule has 1 aliphatic heterocycles. The highest BCUT2D eigenvalue weighted by Crippen LogP contribution is 2.20. The summed E-state index contributed by atoms with van der Waals surface area (Å²) in [6.45, 7) is 2.24. The van der Waals surface area contributed by atoms with Crippen LogP contribution in [0.1, 0.15) is 24.3 Å². The molecule has 2 heterocycles. The average Bonchev–Trinajstić information content (AvgIpc) is 2.74. The van der Waals surface area contributed by atoms with E-state index in [1.807, 2.05) is 0 Å². The Bertz CT molecular complexity index is 462. The van der Waals surface area contributed by atoms with Crippen molar-refractivity contribution in [2.45, 2.75) is 32.2 Å². The van der Waals surface area contributed by atoms with Gasteiger partial charge in [-0.3, -0.25) is 5.32 Å². The van der Waals surface area contributed by atoms with Gasteiger partial charge in [0.25, 0.3) is 0 Å². The number of carbonyl (C=O) groups is 2. The number of aryl methyl sites for hydroxylation is 1. The maximum atomic E-state index is 12.0. The zero-order valence-corrected chi connectivity index (χ0v) is 10.7. The molecular weight excluding hydrogens is 256 g/mol. The lowest BCUT2D eigenvalue weighted by molar-refractivity contribution is -0.143. The van der Waals surface area contributed by atoms with Gasteiger partial charge in [-0.05, 0) is 26.2 Å². The summed E-state index contributed by atoms with van der Waals surface area (Å²) in [6.07, 6.45) is 2.16. The quantitative estimate of drug-likeness (QED) is 0.845. The Labute approximate surface area is 108 Å². The maximum absolute atomic E-state index is 12.0. The van der Waals surface area contributed by atoms with Gasteiger partial charge in [-0.25, -0.2) is 9.59 Å². The van der Waals surface area contributed by atoms with Crippen LogP contribution < -0.4 is 5.32 Å². The van der Waals surface area contributed by atoms with Gasteiger partial charge in [-0.2, -0.15) is 0 Å². The van der Waals surface area contributed by atoms with Crippen LogP contribution in [0, 0.1) is 6.92 Å². The molecule has 1 saturated heterocycles. The molecule has 7 nitrogen and oxygen atoms in total. The van der Waals surface area contributed by atoms with E-state index in [1.165, 1.54) is 16.2 Å². The third-order valence-corrected chi connectivity index (χ3v) is 3.54. The summed E-state index contributed by atoms with van der Waals surface area (Å²) in [7, 11) is 0. The second kappa shape index (κ2) is 5.30. The molecule has 1 fully saturated rings. The number of carboxylic acids is 1. The standard InChI is InChI=1S/C10H14N4O3S/c1-6-12-13-9(18-6)11-10(17)14-5-3-2-4-7(14)8(15)16/h7H,2-5H2,1H3,(H,15,16)(H,11,13,17). The summed E-state index contributed by atoms with van der Waals surface area (Å²) in [5.41, 5.74) is 0. The molecule has 2 N–H and O–H groups in total.